The molecule has 0 aromatic heterocycles. The lowest BCUT2D eigenvalue weighted by Crippen LogP contribution is -2.34. The van der Waals surface area contributed by atoms with Crippen LogP contribution in [-0.4, -0.2) is 23.5 Å². The second kappa shape index (κ2) is 4.64. The van der Waals surface area contributed by atoms with Crippen molar-refractivity contribution in [3.8, 4) is 0 Å². The Morgan fingerprint density at radius 3 is 2.53 bits per heavy atom. The molecule has 1 aliphatic rings. The fourth-order valence-electron chi connectivity index (χ4n) is 1.61. The molecule has 1 fully saturated rings. The third kappa shape index (κ3) is 2.59. The SMILES string of the molecule is O=C(NCC1(C(=O)O)CC1)c1ccccc1I. The average molecular weight is 345 g/mol. The van der Waals surface area contributed by atoms with Gasteiger partial charge in [-0.2, -0.15) is 0 Å². The normalized spacial score (nSPS) is 16.3. The Kier molecular flexibility index (Phi) is 3.37. The Bertz CT molecular complexity index is 469. The fraction of sp³-hybridized carbons (Fsp3) is 0.333. The summed E-state index contributed by atoms with van der Waals surface area (Å²) in [4.78, 5) is 22.8. The van der Waals surface area contributed by atoms with Gasteiger partial charge in [-0.15, -0.1) is 0 Å². The molecule has 1 amide bonds. The molecule has 0 atom stereocenters. The minimum absolute atomic E-state index is 0.206. The summed E-state index contributed by atoms with van der Waals surface area (Å²) in [6.07, 6.45) is 1.29. The van der Waals surface area contributed by atoms with Crippen LogP contribution >= 0.6 is 22.6 Å². The lowest BCUT2D eigenvalue weighted by Gasteiger charge is -2.11. The molecule has 0 saturated heterocycles. The third-order valence-corrected chi connectivity index (χ3v) is 3.95. The third-order valence-electron chi connectivity index (χ3n) is 3.01. The van der Waals surface area contributed by atoms with Crippen molar-refractivity contribution >= 4 is 34.5 Å². The number of rotatable bonds is 4. The Morgan fingerprint density at radius 1 is 1.35 bits per heavy atom. The molecule has 1 saturated carbocycles. The Labute approximate surface area is 113 Å². The topological polar surface area (TPSA) is 66.4 Å². The van der Waals surface area contributed by atoms with Crippen LogP contribution in [0.3, 0.4) is 0 Å². The molecule has 5 heteroatoms. The first-order valence-corrected chi connectivity index (χ1v) is 6.39. The molecule has 0 bridgehead atoms. The van der Waals surface area contributed by atoms with Crippen LogP contribution in [0.15, 0.2) is 24.3 Å². The van der Waals surface area contributed by atoms with E-state index in [1.807, 2.05) is 12.1 Å². The molecule has 0 radical (unpaired) electrons. The van der Waals surface area contributed by atoms with Gasteiger partial charge in [0.05, 0.1) is 11.0 Å². The van der Waals surface area contributed by atoms with E-state index in [0.29, 0.717) is 18.4 Å². The maximum Gasteiger partial charge on any atom is 0.311 e. The highest BCUT2D eigenvalue weighted by Gasteiger charge is 2.50. The van der Waals surface area contributed by atoms with Crippen molar-refractivity contribution in [1.82, 2.24) is 5.32 Å². The van der Waals surface area contributed by atoms with E-state index in [1.54, 1.807) is 12.1 Å². The monoisotopic (exact) mass is 345 g/mol. The Hall–Kier alpha value is -1.11. The van der Waals surface area contributed by atoms with Crippen molar-refractivity contribution in [3.05, 3.63) is 33.4 Å². The number of carbonyl (C=O) groups is 2. The molecular formula is C12H12INO3. The van der Waals surface area contributed by atoms with Crippen molar-refractivity contribution in [1.29, 1.82) is 0 Å². The highest BCUT2D eigenvalue weighted by molar-refractivity contribution is 14.1. The highest BCUT2D eigenvalue weighted by Crippen LogP contribution is 2.45. The lowest BCUT2D eigenvalue weighted by atomic mass is 10.1. The molecule has 2 rings (SSSR count). The summed E-state index contributed by atoms with van der Waals surface area (Å²) < 4.78 is 0.864. The molecule has 4 nitrogen and oxygen atoms in total. The van der Waals surface area contributed by atoms with E-state index < -0.39 is 11.4 Å². The first-order chi connectivity index (χ1) is 8.05. The van der Waals surface area contributed by atoms with E-state index in [-0.39, 0.29) is 12.5 Å². The van der Waals surface area contributed by atoms with E-state index >= 15 is 0 Å². The summed E-state index contributed by atoms with van der Waals surface area (Å²) >= 11 is 2.09. The molecule has 0 spiro atoms. The molecule has 1 aromatic carbocycles. The molecule has 0 unspecified atom stereocenters. The highest BCUT2D eigenvalue weighted by atomic mass is 127. The first-order valence-electron chi connectivity index (χ1n) is 5.31. The molecule has 1 aromatic rings. The van der Waals surface area contributed by atoms with Gasteiger partial charge in [0, 0.05) is 10.1 Å². The Balaban J connectivity index is 1.99. The number of halogens is 1. The van der Waals surface area contributed by atoms with Crippen LogP contribution in [0.25, 0.3) is 0 Å². The smallest absolute Gasteiger partial charge is 0.311 e. The summed E-state index contributed by atoms with van der Waals surface area (Å²) in [5.41, 5.74) is -0.120. The second-order valence-corrected chi connectivity index (χ2v) is 5.41. The zero-order valence-corrected chi connectivity index (χ0v) is 11.2. The van der Waals surface area contributed by atoms with Crippen molar-refractivity contribution < 1.29 is 14.7 Å². The van der Waals surface area contributed by atoms with Crippen LogP contribution in [0.5, 0.6) is 0 Å². The van der Waals surface area contributed by atoms with Gasteiger partial charge < -0.3 is 10.4 Å². The van der Waals surface area contributed by atoms with Gasteiger partial charge in [-0.3, -0.25) is 9.59 Å². The number of carboxylic acid groups (broad SMARTS) is 1. The Morgan fingerprint density at radius 2 is 2.00 bits per heavy atom. The van der Waals surface area contributed by atoms with Crippen LogP contribution in [0.2, 0.25) is 0 Å². The predicted octanol–water partition coefficient (Wildman–Crippen LogP) is 1.89. The largest absolute Gasteiger partial charge is 0.481 e. The molecule has 17 heavy (non-hydrogen) atoms. The predicted molar refractivity (Wildman–Crippen MR) is 70.8 cm³/mol. The zero-order chi connectivity index (χ0) is 12.5. The molecular weight excluding hydrogens is 333 g/mol. The zero-order valence-electron chi connectivity index (χ0n) is 9.07. The number of aliphatic carboxylic acids is 1. The van der Waals surface area contributed by atoms with Gasteiger partial charge in [0.1, 0.15) is 0 Å². The van der Waals surface area contributed by atoms with Crippen LogP contribution in [-0.2, 0) is 4.79 Å². The molecule has 0 aliphatic heterocycles. The summed E-state index contributed by atoms with van der Waals surface area (Å²) in [6, 6.07) is 7.23. The van der Waals surface area contributed by atoms with E-state index in [1.165, 1.54) is 0 Å². The van der Waals surface area contributed by atoms with Gasteiger partial charge in [0.25, 0.3) is 5.91 Å². The van der Waals surface area contributed by atoms with Gasteiger partial charge in [-0.1, -0.05) is 12.1 Å². The first kappa shape index (κ1) is 12.3. The number of nitrogens with one attached hydrogen (secondary N) is 1. The average Bonchev–Trinajstić information content (AvgIpc) is 3.07. The van der Waals surface area contributed by atoms with Gasteiger partial charge in [0.15, 0.2) is 0 Å². The molecule has 90 valence electrons. The van der Waals surface area contributed by atoms with Gasteiger partial charge in [-0.05, 0) is 47.6 Å². The van der Waals surface area contributed by atoms with E-state index in [2.05, 4.69) is 27.9 Å². The molecule has 0 heterocycles. The van der Waals surface area contributed by atoms with Crippen molar-refractivity contribution in [2.45, 2.75) is 12.8 Å². The second-order valence-electron chi connectivity index (χ2n) is 4.25. The molecule has 1 aliphatic carbocycles. The number of carboxylic acids is 1. The maximum absolute atomic E-state index is 11.9. The number of amides is 1. The van der Waals surface area contributed by atoms with Crippen LogP contribution in [0.1, 0.15) is 23.2 Å². The van der Waals surface area contributed by atoms with Crippen molar-refractivity contribution in [2.24, 2.45) is 5.41 Å². The van der Waals surface area contributed by atoms with Crippen LogP contribution in [0.4, 0.5) is 0 Å². The van der Waals surface area contributed by atoms with Gasteiger partial charge >= 0.3 is 5.97 Å². The van der Waals surface area contributed by atoms with Crippen LogP contribution in [0, 0.1) is 8.99 Å². The van der Waals surface area contributed by atoms with Crippen molar-refractivity contribution in [3.63, 3.8) is 0 Å². The summed E-state index contributed by atoms with van der Waals surface area (Å²) in [6.45, 7) is 0.214. The van der Waals surface area contributed by atoms with E-state index in [0.717, 1.165) is 3.57 Å². The van der Waals surface area contributed by atoms with Gasteiger partial charge in [-0.25, -0.2) is 0 Å². The minimum Gasteiger partial charge on any atom is -0.481 e. The summed E-state index contributed by atoms with van der Waals surface area (Å²) in [5.74, 6) is -1.02. The number of hydrogen-bond acceptors (Lipinski definition) is 2. The quantitative estimate of drug-likeness (QED) is 0.819. The van der Waals surface area contributed by atoms with Crippen molar-refractivity contribution in [2.75, 3.05) is 6.54 Å². The molecule has 2 N–H and O–H groups in total. The van der Waals surface area contributed by atoms with Gasteiger partial charge in [0.2, 0.25) is 0 Å². The maximum atomic E-state index is 11.9. The number of hydrogen-bond donors (Lipinski definition) is 2. The van der Waals surface area contributed by atoms with Crippen LogP contribution < -0.4 is 5.32 Å². The standard InChI is InChI=1S/C12H12INO3/c13-9-4-2-1-3-8(9)10(15)14-7-12(5-6-12)11(16)17/h1-4H,5-7H2,(H,14,15)(H,16,17). The number of benzene rings is 1. The van der Waals surface area contributed by atoms with E-state index in [9.17, 15) is 9.59 Å². The minimum atomic E-state index is -0.819. The number of carbonyl (C=O) groups excluding carboxylic acids is 1. The lowest BCUT2D eigenvalue weighted by molar-refractivity contribution is -0.143. The fourth-order valence-corrected chi connectivity index (χ4v) is 2.24. The summed E-state index contributed by atoms with van der Waals surface area (Å²) in [7, 11) is 0. The van der Waals surface area contributed by atoms with E-state index in [4.69, 9.17) is 5.11 Å². The summed E-state index contributed by atoms with van der Waals surface area (Å²) in [5, 5.41) is 11.7.